The van der Waals surface area contributed by atoms with Gasteiger partial charge in [0.15, 0.2) is 0 Å². The molecule has 1 rings (SSSR count). The molecule has 7 heteroatoms. The number of anilines is 1. The zero-order chi connectivity index (χ0) is 14.6. The zero-order valence-electron chi connectivity index (χ0n) is 12.2. The molecule has 1 aromatic heterocycles. The van der Waals surface area contributed by atoms with Crippen LogP contribution in [0, 0.1) is 17.0 Å². The molecule has 1 heterocycles. The zero-order valence-corrected chi connectivity index (χ0v) is 12.2. The molecular weight excluding hydrogens is 248 g/mol. The average Bonchev–Trinajstić information content (AvgIpc) is 2.63. The smallest absolute Gasteiger partial charge is 0.333 e. The van der Waals surface area contributed by atoms with Crippen LogP contribution in [0.1, 0.15) is 32.9 Å². The number of aromatic nitrogens is 2. The van der Waals surface area contributed by atoms with E-state index in [9.17, 15) is 10.1 Å². The Morgan fingerprint density at radius 1 is 1.53 bits per heavy atom. The molecule has 0 atom stereocenters. The molecule has 0 spiro atoms. The van der Waals surface area contributed by atoms with Gasteiger partial charge in [-0.3, -0.25) is 10.1 Å². The normalized spacial score (nSPS) is 11.6. The number of hydrogen-bond acceptors (Lipinski definition) is 5. The van der Waals surface area contributed by atoms with Gasteiger partial charge in [-0.15, -0.1) is 0 Å². The van der Waals surface area contributed by atoms with Crippen molar-refractivity contribution in [3.63, 3.8) is 0 Å². The molecule has 19 heavy (non-hydrogen) atoms. The van der Waals surface area contributed by atoms with E-state index < -0.39 is 10.5 Å². The molecule has 0 aliphatic rings. The maximum atomic E-state index is 11.1. The third kappa shape index (κ3) is 3.66. The number of nitrogens with zero attached hydrogens (tertiary/aromatic N) is 3. The van der Waals surface area contributed by atoms with Crippen LogP contribution in [0.15, 0.2) is 0 Å². The van der Waals surface area contributed by atoms with E-state index in [-0.39, 0.29) is 5.69 Å². The lowest BCUT2D eigenvalue weighted by Crippen LogP contribution is -2.32. The lowest BCUT2D eigenvalue weighted by Gasteiger charge is -2.23. The molecule has 0 saturated heterocycles. The van der Waals surface area contributed by atoms with Crippen molar-refractivity contribution in [2.24, 2.45) is 0 Å². The van der Waals surface area contributed by atoms with Gasteiger partial charge < -0.3 is 10.1 Å². The minimum atomic E-state index is -0.400. The van der Waals surface area contributed by atoms with E-state index in [4.69, 9.17) is 4.74 Å². The predicted octanol–water partition coefficient (Wildman–Crippen LogP) is 2.35. The maximum absolute atomic E-state index is 11.1. The number of methoxy groups -OCH3 is 1. The number of nitrogens with one attached hydrogen (secondary N) is 1. The van der Waals surface area contributed by atoms with Gasteiger partial charge in [-0.25, -0.2) is 4.68 Å². The van der Waals surface area contributed by atoms with Gasteiger partial charge in [0, 0.05) is 20.2 Å². The summed E-state index contributed by atoms with van der Waals surface area (Å²) in [4.78, 5) is 10.7. The van der Waals surface area contributed by atoms with E-state index in [0.717, 1.165) is 6.42 Å². The Hall–Kier alpha value is -1.63. The molecule has 0 bridgehead atoms. The summed E-state index contributed by atoms with van der Waals surface area (Å²) in [5.74, 6) is 0.453. The summed E-state index contributed by atoms with van der Waals surface area (Å²) in [6.07, 6.45) is 0.862. The minimum Gasteiger partial charge on any atom is -0.377 e. The van der Waals surface area contributed by atoms with E-state index in [1.165, 1.54) is 0 Å². The first-order valence-electron chi connectivity index (χ1n) is 6.33. The monoisotopic (exact) mass is 270 g/mol. The lowest BCUT2D eigenvalue weighted by atomic mass is 10.1. The highest BCUT2D eigenvalue weighted by Crippen LogP contribution is 2.29. The van der Waals surface area contributed by atoms with E-state index in [2.05, 4.69) is 10.4 Å². The molecule has 0 aliphatic heterocycles. The van der Waals surface area contributed by atoms with E-state index >= 15 is 0 Å². The fraction of sp³-hybridized carbons (Fsp3) is 0.750. The van der Waals surface area contributed by atoms with Gasteiger partial charge in [0.1, 0.15) is 5.69 Å². The molecular formula is C12H22N4O3. The van der Waals surface area contributed by atoms with Crippen molar-refractivity contribution in [3.05, 3.63) is 15.8 Å². The second kappa shape index (κ2) is 6.01. The Morgan fingerprint density at radius 3 is 2.63 bits per heavy atom. The standard InChI is InChI=1S/C12H22N4O3/c1-6-7-15-11(13-8-12(3,4)19-5)10(16(17)18)9(2)14-15/h13H,6-8H2,1-5H3. The van der Waals surface area contributed by atoms with E-state index in [1.54, 1.807) is 18.7 Å². The highest BCUT2D eigenvalue weighted by atomic mass is 16.6. The van der Waals surface area contributed by atoms with Gasteiger partial charge in [-0.1, -0.05) is 6.92 Å². The fourth-order valence-corrected chi connectivity index (χ4v) is 1.71. The number of hydrogen-bond donors (Lipinski definition) is 1. The molecule has 0 amide bonds. The fourth-order valence-electron chi connectivity index (χ4n) is 1.71. The van der Waals surface area contributed by atoms with Crippen molar-refractivity contribution < 1.29 is 9.66 Å². The van der Waals surface area contributed by atoms with Crippen LogP contribution in [0.5, 0.6) is 0 Å². The molecule has 0 aliphatic carbocycles. The van der Waals surface area contributed by atoms with Crippen LogP contribution >= 0.6 is 0 Å². The number of nitro groups is 1. The highest BCUT2D eigenvalue weighted by molar-refractivity contribution is 5.59. The van der Waals surface area contributed by atoms with Crippen molar-refractivity contribution in [1.82, 2.24) is 9.78 Å². The first-order valence-corrected chi connectivity index (χ1v) is 6.33. The topological polar surface area (TPSA) is 82.2 Å². The lowest BCUT2D eigenvalue weighted by molar-refractivity contribution is -0.384. The van der Waals surface area contributed by atoms with Gasteiger partial charge >= 0.3 is 5.69 Å². The minimum absolute atomic E-state index is 0.0420. The van der Waals surface area contributed by atoms with Crippen LogP contribution in [0.4, 0.5) is 11.5 Å². The van der Waals surface area contributed by atoms with Gasteiger partial charge in [0.05, 0.1) is 10.5 Å². The molecule has 0 unspecified atom stereocenters. The Morgan fingerprint density at radius 2 is 2.16 bits per heavy atom. The first kappa shape index (κ1) is 15.4. The second-order valence-electron chi connectivity index (χ2n) is 5.08. The molecule has 0 saturated carbocycles. The van der Waals surface area contributed by atoms with Crippen molar-refractivity contribution in [1.29, 1.82) is 0 Å². The highest BCUT2D eigenvalue weighted by Gasteiger charge is 2.27. The van der Waals surface area contributed by atoms with Gasteiger partial charge in [-0.05, 0) is 27.2 Å². The van der Waals surface area contributed by atoms with Crippen LogP contribution in [0.25, 0.3) is 0 Å². The molecule has 7 nitrogen and oxygen atoms in total. The van der Waals surface area contributed by atoms with Gasteiger partial charge in [-0.2, -0.15) is 5.10 Å². The van der Waals surface area contributed by atoms with Crippen molar-refractivity contribution in [2.75, 3.05) is 19.0 Å². The molecule has 0 fully saturated rings. The molecule has 0 radical (unpaired) electrons. The third-order valence-electron chi connectivity index (χ3n) is 2.95. The van der Waals surface area contributed by atoms with Crippen LogP contribution in [-0.2, 0) is 11.3 Å². The summed E-state index contributed by atoms with van der Waals surface area (Å²) < 4.78 is 6.96. The molecule has 1 N–H and O–H groups in total. The Bertz CT molecular complexity index is 454. The summed E-state index contributed by atoms with van der Waals surface area (Å²) in [5, 5.41) is 18.4. The van der Waals surface area contributed by atoms with Crippen LogP contribution in [0.3, 0.4) is 0 Å². The Labute approximate surface area is 113 Å². The predicted molar refractivity (Wildman–Crippen MR) is 73.5 cm³/mol. The SMILES string of the molecule is CCCn1nc(C)c([N+](=O)[O-])c1NCC(C)(C)OC. The second-order valence-corrected chi connectivity index (χ2v) is 5.08. The van der Waals surface area contributed by atoms with Crippen LogP contribution in [-0.4, -0.2) is 34.0 Å². The van der Waals surface area contributed by atoms with Gasteiger partial charge in [0.25, 0.3) is 0 Å². The number of aryl methyl sites for hydroxylation is 2. The molecule has 0 aromatic carbocycles. The molecule has 1 aromatic rings. The summed E-state index contributed by atoms with van der Waals surface area (Å²) in [6.45, 7) is 8.60. The van der Waals surface area contributed by atoms with Crippen LogP contribution < -0.4 is 5.32 Å². The Balaban J connectivity index is 3.05. The summed E-state index contributed by atoms with van der Waals surface area (Å²) in [7, 11) is 1.62. The van der Waals surface area contributed by atoms with Crippen molar-refractivity contribution in [2.45, 2.75) is 46.3 Å². The molecule has 108 valence electrons. The quantitative estimate of drug-likeness (QED) is 0.607. The summed E-state index contributed by atoms with van der Waals surface area (Å²) in [5.41, 5.74) is 0.0693. The van der Waals surface area contributed by atoms with Crippen LogP contribution in [0.2, 0.25) is 0 Å². The number of rotatable bonds is 7. The van der Waals surface area contributed by atoms with E-state index in [1.807, 2.05) is 20.8 Å². The third-order valence-corrected chi connectivity index (χ3v) is 2.95. The summed E-state index contributed by atoms with van der Waals surface area (Å²) in [6, 6.07) is 0. The number of ether oxygens (including phenoxy) is 1. The van der Waals surface area contributed by atoms with Gasteiger partial charge in [0.2, 0.25) is 5.82 Å². The van der Waals surface area contributed by atoms with Crippen molar-refractivity contribution >= 4 is 11.5 Å². The first-order chi connectivity index (χ1) is 8.82. The largest absolute Gasteiger partial charge is 0.377 e. The Kier molecular flexibility index (Phi) is 4.88. The maximum Gasteiger partial charge on any atom is 0.333 e. The average molecular weight is 270 g/mol. The summed E-state index contributed by atoms with van der Waals surface area (Å²) >= 11 is 0. The van der Waals surface area contributed by atoms with Crippen molar-refractivity contribution in [3.8, 4) is 0 Å². The van der Waals surface area contributed by atoms with E-state index in [0.29, 0.717) is 24.6 Å².